The Balaban J connectivity index is 1.06. The topological polar surface area (TPSA) is 24.1 Å². The van der Waals surface area contributed by atoms with E-state index in [0.717, 1.165) is 38.7 Å². The first kappa shape index (κ1) is 34.4. The van der Waals surface area contributed by atoms with Crippen molar-refractivity contribution in [2.45, 2.75) is 12.2 Å². The molecule has 2 aromatic heterocycles. The van der Waals surface area contributed by atoms with Crippen LogP contribution in [0.5, 0.6) is 0 Å². The number of anilines is 1. The molecule has 2 unspecified atom stereocenters. The second-order valence-corrected chi connectivity index (χ2v) is 20.2. The van der Waals surface area contributed by atoms with E-state index in [-0.39, 0.29) is 12.2 Å². The fourth-order valence-corrected chi connectivity index (χ4v) is 15.5. The Morgan fingerprint density at radius 1 is 0.426 bits per heavy atom. The largest absolute Gasteiger partial charge is 0.454 e. The van der Waals surface area contributed by atoms with Crippen LogP contribution in [0.3, 0.4) is 0 Å². The van der Waals surface area contributed by atoms with E-state index in [2.05, 4.69) is 239 Å². The Bertz CT molecular complexity index is 3360. The lowest BCUT2D eigenvalue weighted by atomic mass is 9.97. The molecular formula is C56H39N3OSi. The summed E-state index contributed by atoms with van der Waals surface area (Å²) in [5.41, 5.74) is 10.4. The highest BCUT2D eigenvalue weighted by atomic mass is 28.3. The zero-order chi connectivity index (χ0) is 40.1. The summed E-state index contributed by atoms with van der Waals surface area (Å²) in [4.78, 5) is 0. The maximum atomic E-state index is 6.89. The van der Waals surface area contributed by atoms with E-state index < -0.39 is 8.07 Å². The lowest BCUT2D eigenvalue weighted by Gasteiger charge is -2.34. The first-order chi connectivity index (χ1) is 30.3. The average molecular weight is 798 g/mol. The summed E-state index contributed by atoms with van der Waals surface area (Å²) in [6.45, 7) is 0. The minimum atomic E-state index is -2.79. The van der Waals surface area contributed by atoms with Crippen LogP contribution in [0.2, 0.25) is 0 Å². The van der Waals surface area contributed by atoms with Gasteiger partial charge in [0.25, 0.3) is 0 Å². The molecule has 3 atom stereocenters. The Kier molecular flexibility index (Phi) is 7.50. The van der Waals surface area contributed by atoms with Crippen molar-refractivity contribution in [2.24, 2.45) is 0 Å². The number of hydrogen-bond acceptors (Lipinski definition) is 3. The van der Waals surface area contributed by atoms with Crippen LogP contribution < -0.4 is 25.8 Å². The molecule has 9 aromatic carbocycles. The second kappa shape index (κ2) is 13.3. The van der Waals surface area contributed by atoms with Gasteiger partial charge in [-0.1, -0.05) is 188 Å². The summed E-state index contributed by atoms with van der Waals surface area (Å²) in [6.07, 6.45) is 0.125. The van der Waals surface area contributed by atoms with Gasteiger partial charge in [0.05, 0.1) is 22.8 Å². The molecule has 1 fully saturated rings. The summed E-state index contributed by atoms with van der Waals surface area (Å²) in [5, 5.41) is 15.1. The smallest absolute Gasteiger partial charge is 0.179 e. The molecule has 61 heavy (non-hydrogen) atoms. The normalized spacial score (nSPS) is 17.0. The van der Waals surface area contributed by atoms with Gasteiger partial charge in [-0.15, -0.1) is 0 Å². The van der Waals surface area contributed by atoms with Crippen molar-refractivity contribution < 1.29 is 4.42 Å². The number of aromatic nitrogens is 1. The van der Waals surface area contributed by atoms with E-state index in [1.54, 1.807) is 0 Å². The van der Waals surface area contributed by atoms with Gasteiger partial charge in [-0.3, -0.25) is 5.01 Å². The number of para-hydroxylation sites is 2. The highest BCUT2D eigenvalue weighted by Crippen LogP contribution is 2.60. The molecule has 288 valence electrons. The summed E-state index contributed by atoms with van der Waals surface area (Å²) < 4.78 is 9.35. The summed E-state index contributed by atoms with van der Waals surface area (Å²) >= 11 is 0. The van der Waals surface area contributed by atoms with Crippen molar-refractivity contribution >= 4 is 78.3 Å². The summed E-state index contributed by atoms with van der Waals surface area (Å²) in [5.74, 6) is 0. The van der Waals surface area contributed by atoms with Crippen molar-refractivity contribution in [1.29, 1.82) is 0 Å². The molecule has 0 bridgehead atoms. The molecule has 0 spiro atoms. The van der Waals surface area contributed by atoms with E-state index in [4.69, 9.17) is 4.42 Å². The number of hydrazine groups is 1. The number of benzene rings is 9. The van der Waals surface area contributed by atoms with Crippen molar-refractivity contribution in [3.8, 4) is 5.69 Å². The predicted molar refractivity (Wildman–Crippen MR) is 253 cm³/mol. The molecule has 0 amide bonds. The Labute approximate surface area is 354 Å². The minimum absolute atomic E-state index is 0.125. The molecule has 0 N–H and O–H groups in total. The van der Waals surface area contributed by atoms with E-state index in [1.807, 2.05) is 0 Å². The fourth-order valence-electron chi connectivity index (χ4n) is 10.7. The van der Waals surface area contributed by atoms with Gasteiger partial charge in [0.15, 0.2) is 13.7 Å². The molecule has 0 radical (unpaired) electrons. The Morgan fingerprint density at radius 2 is 1.03 bits per heavy atom. The van der Waals surface area contributed by atoms with E-state index >= 15 is 0 Å². The number of furan rings is 1. The van der Waals surface area contributed by atoms with Crippen LogP contribution >= 0.6 is 0 Å². The zero-order valence-electron chi connectivity index (χ0n) is 33.3. The van der Waals surface area contributed by atoms with E-state index in [0.29, 0.717) is 0 Å². The molecule has 2 aliphatic heterocycles. The lowest BCUT2D eigenvalue weighted by Crippen LogP contribution is -2.74. The molecular weight excluding hydrogens is 759 g/mol. The molecule has 5 heteroatoms. The lowest BCUT2D eigenvalue weighted by molar-refractivity contribution is 0.446. The second-order valence-electron chi connectivity index (χ2n) is 16.4. The zero-order valence-corrected chi connectivity index (χ0v) is 34.3. The molecule has 1 saturated heterocycles. The molecule has 4 nitrogen and oxygen atoms in total. The van der Waals surface area contributed by atoms with E-state index in [9.17, 15) is 0 Å². The van der Waals surface area contributed by atoms with Crippen LogP contribution in [0.1, 0.15) is 28.9 Å². The quantitative estimate of drug-likeness (QED) is 0.0912. The third-order valence-corrected chi connectivity index (χ3v) is 18.1. The number of nitrogens with zero attached hydrogens (tertiary/aromatic N) is 3. The molecule has 2 aliphatic rings. The fraction of sp³-hybridized carbons (Fsp3) is 0.0357. The first-order valence-electron chi connectivity index (χ1n) is 21.2. The van der Waals surface area contributed by atoms with Crippen LogP contribution in [0.15, 0.2) is 229 Å². The monoisotopic (exact) mass is 797 g/mol. The number of fused-ring (bicyclic) bond motifs is 10. The molecule has 13 rings (SSSR count). The Morgan fingerprint density at radius 3 is 1.75 bits per heavy atom. The first-order valence-corrected chi connectivity index (χ1v) is 23.2. The Hall–Kier alpha value is -7.44. The van der Waals surface area contributed by atoms with Crippen LogP contribution in [0.4, 0.5) is 5.69 Å². The standard InChI is InChI=1S/C56H39N3OSi/c1-5-18-38(19-6-1)53-48-29-13-15-30-51(48)58-56(59(53)58)39-20-17-21-40(36-39)57-50-35-32-44(37-49(50)46-33-34-47-45-28-14-16-31-52(45)60-55(47)54(46)57)61(41-22-7-2-8-23-41,42-24-9-3-10-25-42)43-26-11-4-12-27-43/h1-37,53,56H/t53?,56?,58?,59-/m0/s1. The molecule has 0 saturated carbocycles. The van der Waals surface area contributed by atoms with Gasteiger partial charge in [-0.05, 0) is 68.3 Å². The van der Waals surface area contributed by atoms with Crippen molar-refractivity contribution in [2.75, 3.05) is 5.01 Å². The van der Waals surface area contributed by atoms with Crippen LogP contribution in [0.25, 0.3) is 49.4 Å². The van der Waals surface area contributed by atoms with Gasteiger partial charge in [0.1, 0.15) is 11.7 Å². The van der Waals surface area contributed by atoms with Gasteiger partial charge in [0, 0.05) is 32.8 Å². The SMILES string of the molecule is c1ccc(C2c3ccccc3N3C(c4cccc(-n5c6ccc([Si](c7ccccc7)(c7ccccc7)c7ccccc7)cc6c6ccc7c8ccccc8oc7c65)c4)[N@]23)cc1. The highest BCUT2D eigenvalue weighted by molar-refractivity contribution is 7.20. The van der Waals surface area contributed by atoms with Crippen LogP contribution in [0, 0.1) is 0 Å². The van der Waals surface area contributed by atoms with Gasteiger partial charge in [-0.2, -0.15) is 5.01 Å². The van der Waals surface area contributed by atoms with Gasteiger partial charge in [0.2, 0.25) is 0 Å². The maximum absolute atomic E-state index is 6.89. The van der Waals surface area contributed by atoms with Crippen LogP contribution in [-0.2, 0) is 0 Å². The van der Waals surface area contributed by atoms with Gasteiger partial charge >= 0.3 is 0 Å². The maximum Gasteiger partial charge on any atom is 0.179 e. The van der Waals surface area contributed by atoms with Gasteiger partial charge < -0.3 is 8.98 Å². The van der Waals surface area contributed by atoms with Crippen LogP contribution in [-0.4, -0.2) is 17.6 Å². The molecule has 11 aromatic rings. The minimum Gasteiger partial charge on any atom is -0.454 e. The summed E-state index contributed by atoms with van der Waals surface area (Å²) in [7, 11) is -2.79. The highest BCUT2D eigenvalue weighted by Gasteiger charge is 2.57. The number of rotatable bonds is 7. The van der Waals surface area contributed by atoms with Crippen molar-refractivity contribution in [3.63, 3.8) is 0 Å². The number of hydrogen-bond donors (Lipinski definition) is 0. The molecule has 0 aliphatic carbocycles. The van der Waals surface area contributed by atoms with Crippen molar-refractivity contribution in [1.82, 2.24) is 9.58 Å². The molecule has 4 heterocycles. The predicted octanol–water partition coefficient (Wildman–Crippen LogP) is 10.9. The average Bonchev–Trinajstić information content (AvgIpc) is 3.59. The van der Waals surface area contributed by atoms with E-state index in [1.165, 1.54) is 53.9 Å². The third-order valence-electron chi connectivity index (χ3n) is 13.3. The third kappa shape index (κ3) is 4.96. The van der Waals surface area contributed by atoms with Crippen molar-refractivity contribution in [3.05, 3.63) is 241 Å². The van der Waals surface area contributed by atoms with Gasteiger partial charge in [-0.25, -0.2) is 0 Å². The summed E-state index contributed by atoms with van der Waals surface area (Å²) in [6, 6.07) is 83.0.